The van der Waals surface area contributed by atoms with Gasteiger partial charge in [-0.2, -0.15) is 0 Å². The molecule has 1 atom stereocenters. The molecule has 5 rings (SSSR count). The summed E-state index contributed by atoms with van der Waals surface area (Å²) in [5.74, 6) is 1.26. The van der Waals surface area contributed by atoms with Crippen LogP contribution in [-0.4, -0.2) is 54.8 Å². The number of carbonyl (C=O) groups excluding carboxylic acids is 1. The van der Waals surface area contributed by atoms with Crippen molar-refractivity contribution in [1.29, 1.82) is 0 Å². The van der Waals surface area contributed by atoms with Crippen LogP contribution in [0.3, 0.4) is 0 Å². The second-order valence-electron chi connectivity index (χ2n) is 9.29. The van der Waals surface area contributed by atoms with Crippen LogP contribution in [0.4, 0.5) is 17.3 Å². The zero-order valence-electron chi connectivity index (χ0n) is 18.4. The highest BCUT2D eigenvalue weighted by molar-refractivity contribution is 6.07. The quantitative estimate of drug-likeness (QED) is 0.813. The van der Waals surface area contributed by atoms with Crippen LogP contribution in [0, 0.1) is 12.3 Å². The lowest BCUT2D eigenvalue weighted by Gasteiger charge is -2.34. The van der Waals surface area contributed by atoms with E-state index in [0.29, 0.717) is 23.4 Å². The molecule has 1 amide bonds. The van der Waals surface area contributed by atoms with Gasteiger partial charge in [0.1, 0.15) is 11.6 Å². The van der Waals surface area contributed by atoms with Gasteiger partial charge in [-0.05, 0) is 63.1 Å². The molecular formula is C24H31N5O2. The molecule has 7 heteroatoms. The van der Waals surface area contributed by atoms with E-state index in [1.54, 1.807) is 6.20 Å². The number of nitrogens with zero attached hydrogens (tertiary/aromatic N) is 4. The molecule has 3 fully saturated rings. The van der Waals surface area contributed by atoms with Crippen LogP contribution in [0.25, 0.3) is 0 Å². The highest BCUT2D eigenvalue weighted by Crippen LogP contribution is 2.54. The molecule has 0 unspecified atom stereocenters. The first-order chi connectivity index (χ1) is 15.0. The molecule has 1 saturated carbocycles. The molecule has 164 valence electrons. The Bertz CT molecular complexity index is 964. The molecule has 1 spiro atoms. The van der Waals surface area contributed by atoms with E-state index in [2.05, 4.69) is 32.0 Å². The Balaban J connectivity index is 1.33. The average molecular weight is 422 g/mol. The number of hydrogen-bond donors (Lipinski definition) is 1. The number of aryl methyl sites for hydroxylation is 1. The smallest absolute Gasteiger partial charge is 0.260 e. The van der Waals surface area contributed by atoms with Crippen molar-refractivity contribution >= 4 is 23.2 Å². The molecule has 2 aromatic rings. The minimum absolute atomic E-state index is 0.158. The molecule has 0 radical (unpaired) electrons. The van der Waals surface area contributed by atoms with Gasteiger partial charge in [0.05, 0.1) is 24.0 Å². The maximum atomic E-state index is 13.2. The van der Waals surface area contributed by atoms with Gasteiger partial charge in [0.25, 0.3) is 5.91 Å². The Morgan fingerprint density at radius 1 is 1.16 bits per heavy atom. The number of nitrogens with one attached hydrogen (secondary N) is 1. The Morgan fingerprint density at radius 3 is 2.71 bits per heavy atom. The van der Waals surface area contributed by atoms with Crippen molar-refractivity contribution in [2.45, 2.75) is 45.6 Å². The molecule has 2 aliphatic heterocycles. The summed E-state index contributed by atoms with van der Waals surface area (Å²) in [5.41, 5.74) is 3.13. The van der Waals surface area contributed by atoms with Gasteiger partial charge >= 0.3 is 0 Å². The fourth-order valence-corrected chi connectivity index (χ4v) is 4.76. The largest absolute Gasteiger partial charge is 0.375 e. The Kier molecular flexibility index (Phi) is 5.30. The summed E-state index contributed by atoms with van der Waals surface area (Å²) in [4.78, 5) is 26.9. The summed E-state index contributed by atoms with van der Waals surface area (Å²) in [6, 6.07) is 7.79. The summed E-state index contributed by atoms with van der Waals surface area (Å²) in [6.45, 7) is 8.35. The standard InChI is InChI=1S/C24H31N5O2/c1-17-14-20(28-10-8-24(6-7-24)9-11-28)19(15-25-17)23(30)27-21-4-3-5-22(26-21)29-12-13-31-18(2)16-29/h3-5,14-15,18H,6-13,16H2,1-2H3,(H,26,27,30)/t18-/m1/s1. The van der Waals surface area contributed by atoms with Gasteiger partial charge in [0, 0.05) is 38.1 Å². The second kappa shape index (κ2) is 8.11. The number of amides is 1. The molecule has 0 aromatic carbocycles. The molecule has 2 aromatic heterocycles. The van der Waals surface area contributed by atoms with Crippen molar-refractivity contribution < 1.29 is 9.53 Å². The number of rotatable bonds is 4. The first-order valence-corrected chi connectivity index (χ1v) is 11.4. The first kappa shape index (κ1) is 20.2. The highest BCUT2D eigenvalue weighted by Gasteiger charge is 2.44. The van der Waals surface area contributed by atoms with Gasteiger partial charge in [0.15, 0.2) is 0 Å². The fraction of sp³-hybridized carbons (Fsp3) is 0.542. The van der Waals surface area contributed by atoms with E-state index in [0.717, 1.165) is 43.4 Å². The summed E-state index contributed by atoms with van der Waals surface area (Å²) in [5, 5.41) is 3.00. The van der Waals surface area contributed by atoms with Crippen LogP contribution in [-0.2, 0) is 4.74 Å². The van der Waals surface area contributed by atoms with Crippen molar-refractivity contribution in [3.8, 4) is 0 Å². The molecule has 0 bridgehead atoms. The van der Waals surface area contributed by atoms with Crippen molar-refractivity contribution in [1.82, 2.24) is 9.97 Å². The fourth-order valence-electron chi connectivity index (χ4n) is 4.76. The maximum Gasteiger partial charge on any atom is 0.260 e. The van der Waals surface area contributed by atoms with Crippen LogP contribution >= 0.6 is 0 Å². The van der Waals surface area contributed by atoms with E-state index in [-0.39, 0.29) is 12.0 Å². The molecule has 7 nitrogen and oxygen atoms in total. The van der Waals surface area contributed by atoms with E-state index in [1.807, 2.05) is 31.2 Å². The number of pyridine rings is 2. The normalized spacial score (nSPS) is 22.5. The number of hydrogen-bond acceptors (Lipinski definition) is 6. The van der Waals surface area contributed by atoms with Crippen LogP contribution < -0.4 is 15.1 Å². The summed E-state index contributed by atoms with van der Waals surface area (Å²) in [6.07, 6.45) is 7.05. The Labute approximate surface area is 183 Å². The lowest BCUT2D eigenvalue weighted by Crippen LogP contribution is -2.41. The topological polar surface area (TPSA) is 70.6 Å². The zero-order chi connectivity index (χ0) is 21.4. The van der Waals surface area contributed by atoms with Crippen molar-refractivity contribution in [2.24, 2.45) is 5.41 Å². The third kappa shape index (κ3) is 4.37. The van der Waals surface area contributed by atoms with E-state index < -0.39 is 0 Å². The third-order valence-corrected chi connectivity index (χ3v) is 6.93. The van der Waals surface area contributed by atoms with Crippen molar-refractivity contribution in [3.63, 3.8) is 0 Å². The Morgan fingerprint density at radius 2 is 1.97 bits per heavy atom. The van der Waals surface area contributed by atoms with Crippen LogP contribution in [0.1, 0.15) is 48.7 Å². The number of carbonyl (C=O) groups is 1. The maximum absolute atomic E-state index is 13.2. The first-order valence-electron chi connectivity index (χ1n) is 11.4. The monoisotopic (exact) mass is 421 g/mol. The van der Waals surface area contributed by atoms with Gasteiger partial charge in [-0.1, -0.05) is 6.07 Å². The van der Waals surface area contributed by atoms with Gasteiger partial charge in [-0.25, -0.2) is 4.98 Å². The van der Waals surface area contributed by atoms with Crippen LogP contribution in [0.5, 0.6) is 0 Å². The molecular weight excluding hydrogens is 390 g/mol. The van der Waals surface area contributed by atoms with Crippen molar-refractivity contribution in [2.75, 3.05) is 47.9 Å². The lowest BCUT2D eigenvalue weighted by molar-refractivity contribution is 0.0529. The number of aromatic nitrogens is 2. The molecule has 3 aliphatic rings. The molecule has 1 N–H and O–H groups in total. The van der Waals surface area contributed by atoms with Gasteiger partial charge < -0.3 is 19.9 Å². The SMILES string of the molecule is Cc1cc(N2CCC3(CC2)CC3)c(C(=O)Nc2cccc(N3CCO[C@H](C)C3)n2)cn1. The highest BCUT2D eigenvalue weighted by atomic mass is 16.5. The van der Waals surface area contributed by atoms with Crippen molar-refractivity contribution in [3.05, 3.63) is 41.7 Å². The number of ether oxygens (including phenoxy) is 1. The summed E-state index contributed by atoms with van der Waals surface area (Å²) in [7, 11) is 0. The lowest BCUT2D eigenvalue weighted by atomic mass is 9.93. The number of piperidine rings is 1. The molecule has 4 heterocycles. The molecule has 31 heavy (non-hydrogen) atoms. The molecule has 2 saturated heterocycles. The van der Waals surface area contributed by atoms with E-state index in [4.69, 9.17) is 4.74 Å². The Hall–Kier alpha value is -2.67. The van der Waals surface area contributed by atoms with Crippen LogP contribution in [0.15, 0.2) is 30.5 Å². The van der Waals surface area contributed by atoms with E-state index in [9.17, 15) is 4.79 Å². The molecule has 1 aliphatic carbocycles. The second-order valence-corrected chi connectivity index (χ2v) is 9.29. The summed E-state index contributed by atoms with van der Waals surface area (Å²) >= 11 is 0. The van der Waals surface area contributed by atoms with Gasteiger partial charge in [-0.15, -0.1) is 0 Å². The van der Waals surface area contributed by atoms with Gasteiger partial charge in [-0.3, -0.25) is 9.78 Å². The summed E-state index contributed by atoms with van der Waals surface area (Å²) < 4.78 is 5.63. The van der Waals surface area contributed by atoms with Crippen LogP contribution in [0.2, 0.25) is 0 Å². The number of morpholine rings is 1. The van der Waals surface area contributed by atoms with Gasteiger partial charge in [0.2, 0.25) is 0 Å². The average Bonchev–Trinajstić information content (AvgIpc) is 3.53. The number of anilines is 3. The minimum Gasteiger partial charge on any atom is -0.375 e. The third-order valence-electron chi connectivity index (χ3n) is 6.93. The van der Waals surface area contributed by atoms with E-state index >= 15 is 0 Å². The predicted octanol–water partition coefficient (Wildman–Crippen LogP) is 3.64. The van der Waals surface area contributed by atoms with E-state index in [1.165, 1.54) is 25.7 Å². The predicted molar refractivity (Wildman–Crippen MR) is 122 cm³/mol. The zero-order valence-corrected chi connectivity index (χ0v) is 18.4. The minimum atomic E-state index is -0.158.